The summed E-state index contributed by atoms with van der Waals surface area (Å²) in [4.78, 5) is 81.0. The number of unbranched alkanes of at least 4 members (excludes halogenated alkanes) is 1. The number of benzene rings is 3. The van der Waals surface area contributed by atoms with E-state index in [0.29, 0.717) is 46.4 Å². The predicted molar refractivity (Wildman–Crippen MR) is 254 cm³/mol. The first-order chi connectivity index (χ1) is 31.9. The maximum absolute atomic E-state index is 13.4. The molecule has 4 aliphatic heterocycles. The molecule has 3 saturated heterocycles. The van der Waals surface area contributed by atoms with Crippen LogP contribution in [0.5, 0.6) is 5.75 Å². The molecule has 4 N–H and O–H groups in total. The van der Waals surface area contributed by atoms with Gasteiger partial charge >= 0.3 is 0 Å². The van der Waals surface area contributed by atoms with Crippen LogP contribution in [0.15, 0.2) is 66.9 Å². The summed E-state index contributed by atoms with van der Waals surface area (Å²) in [6.07, 6.45) is 7.12. The normalized spacial score (nSPS) is 18.8. The standard InChI is InChI=1S/C46H54ClN11O7S/c1-54(66(3)64)36-12-5-4-10-33(36)50-42-32(47)28-48-46(53-42)51-34-15-14-30(27-38(34)65-2)56-21-18-29(19-22-56)57-25-23-55(24-26-57)20-7-6-13-39(59)49-35-11-8-9-31-41(35)45(63)58(44(31)62)37-16-17-40(60)52-43(37)61/h4-5,8-12,14-15,27-29,37H,6-7,13,16-26H2,1-3H3,(H,49,59)(H,52,60,61)(H2,48,50,51,53). The Hall–Kier alpha value is -6.15. The van der Waals surface area contributed by atoms with Crippen LogP contribution in [0.2, 0.25) is 5.02 Å². The summed E-state index contributed by atoms with van der Waals surface area (Å²) in [6.45, 7) is 6.66. The van der Waals surface area contributed by atoms with E-state index in [0.717, 1.165) is 81.4 Å². The fourth-order valence-electron chi connectivity index (χ4n) is 9.03. The molecule has 8 rings (SSSR count). The third-order valence-electron chi connectivity index (χ3n) is 12.7. The Labute approximate surface area is 391 Å². The van der Waals surface area contributed by atoms with E-state index < -0.39 is 40.7 Å². The minimum absolute atomic E-state index is 0.0323. The van der Waals surface area contributed by atoms with Gasteiger partial charge in [0.1, 0.15) is 27.8 Å². The number of imide groups is 2. The summed E-state index contributed by atoms with van der Waals surface area (Å²) in [7, 11) is 2.17. The second kappa shape index (κ2) is 20.6. The molecule has 3 aromatic carbocycles. The first kappa shape index (κ1) is 46.4. The van der Waals surface area contributed by atoms with Crippen molar-refractivity contribution in [1.29, 1.82) is 0 Å². The molecular formula is C46H54ClN11O7S. The van der Waals surface area contributed by atoms with Crippen LogP contribution < -0.4 is 35.2 Å². The van der Waals surface area contributed by atoms with Gasteiger partial charge in [0, 0.05) is 83.2 Å². The van der Waals surface area contributed by atoms with Crippen molar-refractivity contribution in [3.63, 3.8) is 0 Å². The Morgan fingerprint density at radius 3 is 2.41 bits per heavy atom. The van der Waals surface area contributed by atoms with E-state index in [1.165, 1.54) is 12.3 Å². The number of halogens is 1. The molecule has 20 heteroatoms. The van der Waals surface area contributed by atoms with Gasteiger partial charge in [-0.15, -0.1) is 0 Å². The maximum Gasteiger partial charge on any atom is 0.264 e. The van der Waals surface area contributed by atoms with Crippen LogP contribution in [-0.4, -0.2) is 137 Å². The number of rotatable bonds is 16. The molecule has 0 spiro atoms. The van der Waals surface area contributed by atoms with Crippen molar-refractivity contribution in [3.05, 3.63) is 83.0 Å². The van der Waals surface area contributed by atoms with Crippen LogP contribution in [0.3, 0.4) is 0 Å². The molecule has 0 saturated carbocycles. The van der Waals surface area contributed by atoms with Crippen molar-refractivity contribution < 1.29 is 32.9 Å². The Morgan fingerprint density at radius 2 is 1.67 bits per heavy atom. The van der Waals surface area contributed by atoms with Crippen LogP contribution >= 0.6 is 11.6 Å². The van der Waals surface area contributed by atoms with Crippen molar-refractivity contribution in [2.75, 3.05) is 91.4 Å². The molecule has 0 radical (unpaired) electrons. The number of nitrogens with zero attached hydrogens (tertiary/aromatic N) is 7. The number of piperidine rings is 2. The number of para-hydroxylation sites is 2. The SMILES string of the molecule is COc1cc(N2CCC(N3CCN(CCCCC(=O)Nc4cccc5c4C(=O)N(C4CCC(=O)NC4=O)C5=O)CC3)CC2)ccc1Nc1ncc(Cl)c(Nc2ccccc2N(C)S(C)=O)n1. The summed E-state index contributed by atoms with van der Waals surface area (Å²) in [5.74, 6) is -1.24. The van der Waals surface area contributed by atoms with Crippen molar-refractivity contribution in [3.8, 4) is 5.75 Å². The second-order valence-electron chi connectivity index (χ2n) is 16.7. The number of hydrogen-bond acceptors (Lipinski definition) is 14. The van der Waals surface area contributed by atoms with E-state index in [1.54, 1.807) is 36.9 Å². The van der Waals surface area contributed by atoms with Crippen LogP contribution in [0.25, 0.3) is 0 Å². The van der Waals surface area contributed by atoms with E-state index in [2.05, 4.69) is 52.0 Å². The fraction of sp³-hybridized carbons (Fsp3) is 0.413. The highest BCUT2D eigenvalue weighted by atomic mass is 35.5. The molecule has 18 nitrogen and oxygen atoms in total. The molecule has 1 aromatic heterocycles. The topological polar surface area (TPSA) is 202 Å². The lowest BCUT2D eigenvalue weighted by atomic mass is 10.0. The van der Waals surface area contributed by atoms with Crippen molar-refractivity contribution in [2.45, 2.75) is 57.0 Å². The molecule has 2 unspecified atom stereocenters. The molecular weight excluding hydrogens is 886 g/mol. The first-order valence-corrected chi connectivity index (χ1v) is 24.0. The van der Waals surface area contributed by atoms with E-state index >= 15 is 0 Å². The number of piperazine rings is 1. The van der Waals surface area contributed by atoms with E-state index in [9.17, 15) is 28.2 Å². The second-order valence-corrected chi connectivity index (χ2v) is 18.5. The highest BCUT2D eigenvalue weighted by Gasteiger charge is 2.45. The first-order valence-electron chi connectivity index (χ1n) is 22.1. The molecule has 4 aliphatic rings. The van der Waals surface area contributed by atoms with Gasteiger partial charge in [-0.3, -0.25) is 43.4 Å². The molecule has 5 heterocycles. The third-order valence-corrected chi connectivity index (χ3v) is 13.9. The highest BCUT2D eigenvalue weighted by Crippen LogP contribution is 2.36. The van der Waals surface area contributed by atoms with E-state index in [1.807, 2.05) is 36.4 Å². The lowest BCUT2D eigenvalue weighted by Crippen LogP contribution is -2.54. The molecule has 348 valence electrons. The van der Waals surface area contributed by atoms with Gasteiger partial charge in [0.15, 0.2) is 5.82 Å². The van der Waals surface area contributed by atoms with Gasteiger partial charge in [0.05, 0.1) is 47.2 Å². The number of anilines is 7. The van der Waals surface area contributed by atoms with Gasteiger partial charge < -0.3 is 30.5 Å². The maximum atomic E-state index is 13.4. The minimum Gasteiger partial charge on any atom is -0.494 e. The van der Waals surface area contributed by atoms with Crippen LogP contribution in [0.1, 0.15) is 65.7 Å². The highest BCUT2D eigenvalue weighted by molar-refractivity contribution is 7.85. The monoisotopic (exact) mass is 939 g/mol. The fourth-order valence-corrected chi connectivity index (χ4v) is 9.60. The number of aromatic nitrogens is 2. The lowest BCUT2D eigenvalue weighted by Gasteiger charge is -2.43. The summed E-state index contributed by atoms with van der Waals surface area (Å²) in [6, 6.07) is 17.7. The zero-order chi connectivity index (χ0) is 46.5. The molecule has 4 aromatic rings. The van der Waals surface area contributed by atoms with Gasteiger partial charge in [-0.1, -0.05) is 29.8 Å². The minimum atomic E-state index is -1.22. The number of nitrogens with one attached hydrogen (secondary N) is 4. The smallest absolute Gasteiger partial charge is 0.264 e. The van der Waals surface area contributed by atoms with Crippen molar-refractivity contribution in [1.82, 2.24) is 30.0 Å². The quantitative estimate of drug-likeness (QED) is 0.0849. The summed E-state index contributed by atoms with van der Waals surface area (Å²) < 4.78 is 19.7. The number of fused-ring (bicyclic) bond motifs is 1. The van der Waals surface area contributed by atoms with Crippen LogP contribution in [0, 0.1) is 0 Å². The predicted octanol–water partition coefficient (Wildman–Crippen LogP) is 5.15. The number of amides is 5. The van der Waals surface area contributed by atoms with Gasteiger partial charge in [0.25, 0.3) is 11.8 Å². The van der Waals surface area contributed by atoms with E-state index in [-0.39, 0.29) is 42.0 Å². The summed E-state index contributed by atoms with van der Waals surface area (Å²) in [5.41, 5.74) is 3.66. The van der Waals surface area contributed by atoms with Gasteiger partial charge in [-0.2, -0.15) is 4.98 Å². The largest absolute Gasteiger partial charge is 0.494 e. The molecule has 2 atom stereocenters. The van der Waals surface area contributed by atoms with Gasteiger partial charge in [-0.25, -0.2) is 9.19 Å². The number of methoxy groups -OCH3 is 1. The number of carbonyl (C=O) groups is 5. The number of hydrogen-bond donors (Lipinski definition) is 4. The zero-order valence-corrected chi connectivity index (χ0v) is 38.8. The average molecular weight is 941 g/mol. The lowest BCUT2D eigenvalue weighted by molar-refractivity contribution is -0.136. The molecule has 5 amide bonds. The Morgan fingerprint density at radius 1 is 0.909 bits per heavy atom. The van der Waals surface area contributed by atoms with Crippen LogP contribution in [0.4, 0.5) is 40.2 Å². The number of carbonyl (C=O) groups excluding carboxylic acids is 5. The molecule has 0 aliphatic carbocycles. The van der Waals surface area contributed by atoms with E-state index in [4.69, 9.17) is 16.3 Å². The molecule has 66 heavy (non-hydrogen) atoms. The number of ether oxygens (including phenoxy) is 1. The van der Waals surface area contributed by atoms with Crippen molar-refractivity contribution in [2.24, 2.45) is 0 Å². The average Bonchev–Trinajstić information content (AvgIpc) is 3.58. The molecule has 0 bridgehead atoms. The Kier molecular flexibility index (Phi) is 14.5. The van der Waals surface area contributed by atoms with Crippen LogP contribution in [-0.2, 0) is 25.4 Å². The summed E-state index contributed by atoms with van der Waals surface area (Å²) in [5, 5.41) is 11.9. The Bertz CT molecular complexity index is 2530. The van der Waals surface area contributed by atoms with Gasteiger partial charge in [-0.05, 0) is 75.0 Å². The van der Waals surface area contributed by atoms with Crippen molar-refractivity contribution >= 4 is 92.3 Å². The molecule has 3 fully saturated rings. The Balaban J connectivity index is 0.763. The van der Waals surface area contributed by atoms with Gasteiger partial charge in [0.2, 0.25) is 23.7 Å². The third kappa shape index (κ3) is 10.3. The summed E-state index contributed by atoms with van der Waals surface area (Å²) >= 11 is 6.50. The zero-order valence-electron chi connectivity index (χ0n) is 37.2.